The number of nitrogens with one attached hydrogen (secondary N) is 1. The van der Waals surface area contributed by atoms with Gasteiger partial charge < -0.3 is 19.0 Å². The molecule has 0 saturated heterocycles. The molecule has 3 aromatic carbocycles. The van der Waals surface area contributed by atoms with Gasteiger partial charge in [-0.3, -0.25) is 4.79 Å². The van der Waals surface area contributed by atoms with Crippen LogP contribution in [0.5, 0.6) is 11.5 Å². The number of carbonyl (C=O) groups is 2. The van der Waals surface area contributed by atoms with E-state index in [1.165, 1.54) is 62.8 Å². The number of rotatable bonds is 10. The van der Waals surface area contributed by atoms with Crippen LogP contribution in [0.4, 0.5) is 5.69 Å². The van der Waals surface area contributed by atoms with E-state index in [1.807, 2.05) is 13.0 Å². The molecule has 0 fully saturated rings. The third kappa shape index (κ3) is 7.12. The number of methoxy groups -OCH3 is 2. The quantitative estimate of drug-likeness (QED) is 0.126. The lowest BCUT2D eigenvalue weighted by atomic mass is 10.0. The smallest absolute Gasteiger partial charge is 0.339 e. The minimum absolute atomic E-state index is 0.0215. The van der Waals surface area contributed by atoms with Crippen LogP contribution in [0.2, 0.25) is 0 Å². The lowest BCUT2D eigenvalue weighted by Gasteiger charge is -2.16. The third-order valence-corrected chi connectivity index (χ3v) is 6.72. The van der Waals surface area contributed by atoms with Crippen LogP contribution in [0.15, 0.2) is 83.8 Å². The summed E-state index contributed by atoms with van der Waals surface area (Å²) in [5, 5.41) is 12.2. The summed E-state index contributed by atoms with van der Waals surface area (Å²) in [6.07, 6.45) is 3.12. The summed E-state index contributed by atoms with van der Waals surface area (Å²) in [5.41, 5.74) is 2.16. The van der Waals surface area contributed by atoms with E-state index in [-0.39, 0.29) is 28.4 Å². The van der Waals surface area contributed by atoms with Crippen molar-refractivity contribution in [2.45, 2.75) is 18.2 Å². The molecule has 1 amide bonds. The van der Waals surface area contributed by atoms with Gasteiger partial charge in [-0.15, -0.1) is 6.58 Å². The Kier molecular flexibility index (Phi) is 9.25. The van der Waals surface area contributed by atoms with Crippen LogP contribution in [0, 0.1) is 18.3 Å². The van der Waals surface area contributed by atoms with Crippen LogP contribution in [-0.2, 0) is 26.1 Å². The molecule has 0 atom stereocenters. The standard InChI is InChI=1S/C29H26N2O7S/c1-5-6-22-15-20(16-23(18-30)28(32)31-24-11-9-21(10-12-24)29(33)37-4)17-26(36-3)27(22)38-39(34,35)25-13-7-19(2)8-14-25/h5,7-17H,1,6H2,2-4H3,(H,31,32)/b23-16+. The van der Waals surface area contributed by atoms with Gasteiger partial charge in [0.25, 0.3) is 5.91 Å². The molecule has 3 rings (SSSR count). The molecule has 0 aromatic heterocycles. The number of hydrogen-bond acceptors (Lipinski definition) is 8. The zero-order valence-corrected chi connectivity index (χ0v) is 22.4. The summed E-state index contributed by atoms with van der Waals surface area (Å²) < 4.78 is 41.4. The van der Waals surface area contributed by atoms with Crippen molar-refractivity contribution in [2.75, 3.05) is 19.5 Å². The summed E-state index contributed by atoms with van der Waals surface area (Å²) in [7, 11) is -1.57. The first kappa shape index (κ1) is 28.7. The number of aryl methyl sites for hydroxylation is 1. The van der Waals surface area contributed by atoms with E-state index >= 15 is 0 Å². The molecule has 200 valence electrons. The molecule has 0 aliphatic carbocycles. The SMILES string of the molecule is C=CCc1cc(/C=C(\C#N)C(=O)Nc2ccc(C(=O)OC)cc2)cc(OC)c1OS(=O)(=O)c1ccc(C)cc1. The third-order valence-electron chi connectivity index (χ3n) is 5.48. The average molecular weight is 547 g/mol. The molecule has 0 heterocycles. The topological polar surface area (TPSA) is 132 Å². The zero-order chi connectivity index (χ0) is 28.6. The predicted molar refractivity (Wildman–Crippen MR) is 146 cm³/mol. The van der Waals surface area contributed by atoms with E-state index in [4.69, 9.17) is 8.92 Å². The monoisotopic (exact) mass is 546 g/mol. The predicted octanol–water partition coefficient (Wildman–Crippen LogP) is 4.83. The second-order valence-corrected chi connectivity index (χ2v) is 9.79. The fourth-order valence-corrected chi connectivity index (χ4v) is 4.48. The van der Waals surface area contributed by atoms with Crippen LogP contribution < -0.4 is 14.2 Å². The van der Waals surface area contributed by atoms with Crippen LogP contribution in [0.25, 0.3) is 6.08 Å². The summed E-state index contributed by atoms with van der Waals surface area (Å²) in [5.74, 6) is -1.14. The molecule has 0 radical (unpaired) electrons. The van der Waals surface area contributed by atoms with E-state index in [0.717, 1.165) is 5.56 Å². The maximum absolute atomic E-state index is 12.9. The Morgan fingerprint density at radius 1 is 1.05 bits per heavy atom. The van der Waals surface area contributed by atoms with Crippen LogP contribution in [0.3, 0.4) is 0 Å². The molecule has 0 aliphatic rings. The summed E-state index contributed by atoms with van der Waals surface area (Å²) >= 11 is 0. The molecule has 0 saturated carbocycles. The van der Waals surface area contributed by atoms with Gasteiger partial charge in [-0.05, 0) is 73.5 Å². The highest BCUT2D eigenvalue weighted by atomic mass is 32.2. The molecule has 39 heavy (non-hydrogen) atoms. The highest BCUT2D eigenvalue weighted by Gasteiger charge is 2.22. The highest BCUT2D eigenvalue weighted by Crippen LogP contribution is 2.36. The molecule has 0 bridgehead atoms. The van der Waals surface area contributed by atoms with Gasteiger partial charge in [0.15, 0.2) is 11.5 Å². The van der Waals surface area contributed by atoms with Crippen LogP contribution >= 0.6 is 0 Å². The van der Waals surface area contributed by atoms with Crippen molar-refractivity contribution in [1.29, 1.82) is 5.26 Å². The molecule has 1 N–H and O–H groups in total. The van der Waals surface area contributed by atoms with E-state index in [1.54, 1.807) is 24.3 Å². The summed E-state index contributed by atoms with van der Waals surface area (Å²) in [6.45, 7) is 5.55. The van der Waals surface area contributed by atoms with Crippen LogP contribution in [-0.4, -0.2) is 34.5 Å². The van der Waals surface area contributed by atoms with Gasteiger partial charge in [0.05, 0.1) is 19.8 Å². The number of nitriles is 1. The number of hydrogen-bond donors (Lipinski definition) is 1. The number of anilines is 1. The molecule has 10 heteroatoms. The number of benzene rings is 3. The van der Waals surface area contributed by atoms with Gasteiger partial charge in [0.2, 0.25) is 0 Å². The Morgan fingerprint density at radius 2 is 1.72 bits per heavy atom. The average Bonchev–Trinajstić information content (AvgIpc) is 2.93. The van der Waals surface area contributed by atoms with Crippen molar-refractivity contribution in [3.05, 3.63) is 101 Å². The van der Waals surface area contributed by atoms with E-state index in [2.05, 4.69) is 16.6 Å². The lowest BCUT2D eigenvalue weighted by molar-refractivity contribution is -0.112. The molecule has 0 spiro atoms. The first-order chi connectivity index (χ1) is 18.6. The zero-order valence-electron chi connectivity index (χ0n) is 21.6. The summed E-state index contributed by atoms with van der Waals surface area (Å²) in [6, 6.07) is 17.1. The largest absolute Gasteiger partial charge is 0.493 e. The van der Waals surface area contributed by atoms with E-state index in [0.29, 0.717) is 22.4 Å². The number of allylic oxidation sites excluding steroid dienone is 1. The highest BCUT2D eigenvalue weighted by molar-refractivity contribution is 7.87. The van der Waals surface area contributed by atoms with Crippen molar-refractivity contribution < 1.29 is 31.7 Å². The molecule has 0 aliphatic heterocycles. The lowest BCUT2D eigenvalue weighted by Crippen LogP contribution is -2.14. The van der Waals surface area contributed by atoms with Gasteiger partial charge in [-0.25, -0.2) is 4.79 Å². The Labute approximate surface area is 227 Å². The fourth-order valence-electron chi connectivity index (χ4n) is 3.50. The first-order valence-electron chi connectivity index (χ1n) is 11.6. The van der Waals surface area contributed by atoms with Gasteiger partial charge >= 0.3 is 16.1 Å². The van der Waals surface area contributed by atoms with Crippen molar-refractivity contribution in [3.8, 4) is 17.6 Å². The summed E-state index contributed by atoms with van der Waals surface area (Å²) in [4.78, 5) is 24.4. The van der Waals surface area contributed by atoms with Crippen molar-refractivity contribution in [1.82, 2.24) is 0 Å². The number of ether oxygens (including phenoxy) is 2. The van der Waals surface area contributed by atoms with Gasteiger partial charge in [0.1, 0.15) is 16.5 Å². The second-order valence-electron chi connectivity index (χ2n) is 8.25. The first-order valence-corrected chi connectivity index (χ1v) is 13.0. The fraction of sp³-hybridized carbons (Fsp3) is 0.138. The van der Waals surface area contributed by atoms with E-state index < -0.39 is 22.0 Å². The number of esters is 1. The van der Waals surface area contributed by atoms with Crippen LogP contribution in [0.1, 0.15) is 27.0 Å². The van der Waals surface area contributed by atoms with Crippen molar-refractivity contribution in [2.24, 2.45) is 0 Å². The maximum atomic E-state index is 12.9. The molecule has 0 unspecified atom stereocenters. The minimum atomic E-state index is -4.18. The van der Waals surface area contributed by atoms with Gasteiger partial charge in [-0.2, -0.15) is 13.7 Å². The van der Waals surface area contributed by atoms with Gasteiger partial charge in [-0.1, -0.05) is 23.8 Å². The Hall–Kier alpha value is -4.88. The normalized spacial score (nSPS) is 11.2. The molecule has 3 aromatic rings. The Balaban J connectivity index is 1.94. The van der Waals surface area contributed by atoms with E-state index in [9.17, 15) is 23.3 Å². The van der Waals surface area contributed by atoms with Crippen molar-refractivity contribution >= 4 is 33.8 Å². The van der Waals surface area contributed by atoms with Crippen molar-refractivity contribution in [3.63, 3.8) is 0 Å². The molecular weight excluding hydrogens is 520 g/mol. The maximum Gasteiger partial charge on any atom is 0.339 e. The minimum Gasteiger partial charge on any atom is -0.493 e. The second kappa shape index (κ2) is 12.6. The van der Waals surface area contributed by atoms with Gasteiger partial charge in [0, 0.05) is 11.3 Å². The Bertz CT molecular complexity index is 1570. The number of amides is 1. The Morgan fingerprint density at radius 3 is 2.28 bits per heavy atom. The molecule has 9 nitrogen and oxygen atoms in total. The molecular formula is C29H26N2O7S. The number of nitrogens with zero attached hydrogens (tertiary/aromatic N) is 1. The number of carbonyl (C=O) groups excluding carboxylic acids is 2.